The smallest absolute Gasteiger partial charge is 0.340 e. The third-order valence-electron chi connectivity index (χ3n) is 3.90. The molecule has 116 valence electrons. The van der Waals surface area contributed by atoms with Crippen LogP contribution in [0.25, 0.3) is 0 Å². The largest absolute Gasteiger partial charge is 0.416 e. The summed E-state index contributed by atoms with van der Waals surface area (Å²) in [6.45, 7) is 2.39. The lowest BCUT2D eigenvalue weighted by atomic mass is 9.97. The molecule has 1 aliphatic heterocycles. The van der Waals surface area contributed by atoms with Crippen LogP contribution in [0.3, 0.4) is 0 Å². The number of amides is 1. The molecule has 2 atom stereocenters. The van der Waals surface area contributed by atoms with Crippen molar-refractivity contribution in [1.82, 2.24) is 4.90 Å². The van der Waals surface area contributed by atoms with E-state index in [0.29, 0.717) is 19.4 Å². The number of likely N-dealkylation sites (tertiary alicyclic amines) is 1. The number of piperidine rings is 1. The van der Waals surface area contributed by atoms with Crippen molar-refractivity contribution in [3.05, 3.63) is 35.4 Å². The van der Waals surface area contributed by atoms with Crippen LogP contribution in [-0.2, 0) is 17.4 Å². The third kappa shape index (κ3) is 3.75. The van der Waals surface area contributed by atoms with Crippen molar-refractivity contribution in [2.24, 2.45) is 5.73 Å². The van der Waals surface area contributed by atoms with Crippen molar-refractivity contribution >= 4 is 5.91 Å². The van der Waals surface area contributed by atoms with Gasteiger partial charge in [0, 0.05) is 18.6 Å². The summed E-state index contributed by atoms with van der Waals surface area (Å²) >= 11 is 0. The Morgan fingerprint density at radius 3 is 2.67 bits per heavy atom. The number of alkyl halides is 3. The van der Waals surface area contributed by atoms with E-state index in [9.17, 15) is 18.0 Å². The molecule has 0 aromatic heterocycles. The molecule has 0 spiro atoms. The summed E-state index contributed by atoms with van der Waals surface area (Å²) in [6.07, 6.45) is -3.29. The summed E-state index contributed by atoms with van der Waals surface area (Å²) < 4.78 is 38.8. The first-order chi connectivity index (χ1) is 9.79. The number of hydrogen-bond donors (Lipinski definition) is 1. The molecule has 3 nitrogen and oxygen atoms in total. The van der Waals surface area contributed by atoms with Crippen LogP contribution in [0.1, 0.15) is 30.9 Å². The molecule has 0 saturated carbocycles. The minimum absolute atomic E-state index is 0.0251. The summed E-state index contributed by atoms with van der Waals surface area (Å²) in [5, 5.41) is 0. The van der Waals surface area contributed by atoms with Crippen molar-refractivity contribution in [2.75, 3.05) is 6.54 Å². The van der Waals surface area contributed by atoms with E-state index in [0.717, 1.165) is 6.07 Å². The minimum atomic E-state index is -4.44. The lowest BCUT2D eigenvalue weighted by Crippen LogP contribution is -2.48. The van der Waals surface area contributed by atoms with Gasteiger partial charge in [-0.2, -0.15) is 13.2 Å². The molecule has 1 aliphatic rings. The SMILES string of the molecule is C[C@@H]1C[C@@H](N)CCN1C(=O)Cc1ccccc1C(F)(F)F. The molecular formula is C15H19F3N2O. The number of hydrogen-bond acceptors (Lipinski definition) is 2. The van der Waals surface area contributed by atoms with Gasteiger partial charge in [-0.05, 0) is 31.4 Å². The van der Waals surface area contributed by atoms with Gasteiger partial charge in [0.2, 0.25) is 5.91 Å². The molecular weight excluding hydrogens is 281 g/mol. The van der Waals surface area contributed by atoms with Gasteiger partial charge in [-0.15, -0.1) is 0 Å². The molecule has 1 saturated heterocycles. The van der Waals surface area contributed by atoms with E-state index in [4.69, 9.17) is 5.73 Å². The maximum atomic E-state index is 12.9. The lowest BCUT2D eigenvalue weighted by molar-refractivity contribution is -0.139. The highest BCUT2D eigenvalue weighted by Crippen LogP contribution is 2.32. The van der Waals surface area contributed by atoms with E-state index < -0.39 is 11.7 Å². The van der Waals surface area contributed by atoms with Gasteiger partial charge in [0.25, 0.3) is 0 Å². The molecule has 1 amide bonds. The van der Waals surface area contributed by atoms with Crippen LogP contribution in [0.2, 0.25) is 0 Å². The quantitative estimate of drug-likeness (QED) is 0.912. The number of carbonyl (C=O) groups is 1. The van der Waals surface area contributed by atoms with E-state index in [2.05, 4.69) is 0 Å². The van der Waals surface area contributed by atoms with E-state index >= 15 is 0 Å². The predicted molar refractivity (Wildman–Crippen MR) is 73.5 cm³/mol. The first-order valence-corrected chi connectivity index (χ1v) is 6.99. The third-order valence-corrected chi connectivity index (χ3v) is 3.90. The fraction of sp³-hybridized carbons (Fsp3) is 0.533. The number of carbonyl (C=O) groups excluding carboxylic acids is 1. The molecule has 0 aliphatic carbocycles. The Kier molecular flexibility index (Phi) is 4.56. The van der Waals surface area contributed by atoms with Crippen LogP contribution in [0.5, 0.6) is 0 Å². The van der Waals surface area contributed by atoms with Gasteiger partial charge in [0.15, 0.2) is 0 Å². The maximum Gasteiger partial charge on any atom is 0.416 e. The van der Waals surface area contributed by atoms with E-state index in [1.807, 2.05) is 6.92 Å². The van der Waals surface area contributed by atoms with Crippen molar-refractivity contribution in [3.8, 4) is 0 Å². The van der Waals surface area contributed by atoms with Crippen LogP contribution in [-0.4, -0.2) is 29.4 Å². The van der Waals surface area contributed by atoms with Gasteiger partial charge in [0.1, 0.15) is 0 Å². The molecule has 21 heavy (non-hydrogen) atoms. The minimum Gasteiger partial charge on any atom is -0.340 e. The summed E-state index contributed by atoms with van der Waals surface area (Å²) in [5.41, 5.74) is 5.12. The fourth-order valence-corrected chi connectivity index (χ4v) is 2.79. The van der Waals surface area contributed by atoms with Crippen LogP contribution in [0, 0.1) is 0 Å². The van der Waals surface area contributed by atoms with Crippen LogP contribution in [0.15, 0.2) is 24.3 Å². The Morgan fingerprint density at radius 1 is 1.38 bits per heavy atom. The van der Waals surface area contributed by atoms with Crippen LogP contribution < -0.4 is 5.73 Å². The van der Waals surface area contributed by atoms with Crippen molar-refractivity contribution in [1.29, 1.82) is 0 Å². The average Bonchev–Trinajstić information content (AvgIpc) is 2.37. The first-order valence-electron chi connectivity index (χ1n) is 6.99. The van der Waals surface area contributed by atoms with Crippen LogP contribution >= 0.6 is 0 Å². The van der Waals surface area contributed by atoms with Gasteiger partial charge in [-0.1, -0.05) is 18.2 Å². The Labute approximate surface area is 121 Å². The van der Waals surface area contributed by atoms with Crippen molar-refractivity contribution in [2.45, 2.75) is 44.4 Å². The fourth-order valence-electron chi connectivity index (χ4n) is 2.79. The summed E-state index contributed by atoms with van der Waals surface area (Å²) in [7, 11) is 0. The second-order valence-corrected chi connectivity index (χ2v) is 5.55. The Morgan fingerprint density at radius 2 is 2.05 bits per heavy atom. The maximum absolute atomic E-state index is 12.9. The molecule has 1 heterocycles. The highest BCUT2D eigenvalue weighted by atomic mass is 19.4. The Hall–Kier alpha value is -1.56. The first kappa shape index (κ1) is 15.8. The average molecular weight is 300 g/mol. The Bertz CT molecular complexity index is 516. The molecule has 6 heteroatoms. The molecule has 2 N–H and O–H groups in total. The molecule has 2 rings (SSSR count). The molecule has 1 aromatic carbocycles. The summed E-state index contributed by atoms with van der Waals surface area (Å²) in [5.74, 6) is -0.272. The topological polar surface area (TPSA) is 46.3 Å². The monoisotopic (exact) mass is 300 g/mol. The summed E-state index contributed by atoms with van der Waals surface area (Å²) in [6, 6.07) is 5.26. The highest BCUT2D eigenvalue weighted by molar-refractivity contribution is 5.79. The van der Waals surface area contributed by atoms with Gasteiger partial charge in [-0.3, -0.25) is 4.79 Å². The van der Waals surface area contributed by atoms with E-state index in [1.165, 1.54) is 18.2 Å². The normalized spacial score (nSPS) is 23.2. The highest BCUT2D eigenvalue weighted by Gasteiger charge is 2.34. The number of halogens is 3. The standard InChI is InChI=1S/C15H19F3N2O/c1-10-8-12(19)6-7-20(10)14(21)9-11-4-2-3-5-13(11)15(16,17)18/h2-5,10,12H,6-9,19H2,1H3/t10-,12+/m1/s1. The van der Waals surface area contributed by atoms with Gasteiger partial charge in [0.05, 0.1) is 12.0 Å². The molecule has 0 bridgehead atoms. The van der Waals surface area contributed by atoms with Crippen molar-refractivity contribution < 1.29 is 18.0 Å². The number of nitrogens with zero attached hydrogens (tertiary/aromatic N) is 1. The molecule has 0 radical (unpaired) electrons. The van der Waals surface area contributed by atoms with E-state index in [1.54, 1.807) is 4.90 Å². The lowest BCUT2D eigenvalue weighted by Gasteiger charge is -2.36. The second kappa shape index (κ2) is 6.05. The Balaban J connectivity index is 2.13. The second-order valence-electron chi connectivity index (χ2n) is 5.55. The zero-order chi connectivity index (χ0) is 15.6. The van der Waals surface area contributed by atoms with Gasteiger partial charge >= 0.3 is 6.18 Å². The molecule has 0 unspecified atom stereocenters. The van der Waals surface area contributed by atoms with Crippen LogP contribution in [0.4, 0.5) is 13.2 Å². The van der Waals surface area contributed by atoms with E-state index in [-0.39, 0.29) is 30.0 Å². The number of benzene rings is 1. The van der Waals surface area contributed by atoms with Gasteiger partial charge in [-0.25, -0.2) is 0 Å². The molecule has 1 aromatic rings. The molecule has 1 fully saturated rings. The predicted octanol–water partition coefficient (Wildman–Crippen LogP) is 2.59. The van der Waals surface area contributed by atoms with Gasteiger partial charge < -0.3 is 10.6 Å². The zero-order valence-corrected chi connectivity index (χ0v) is 11.9. The number of nitrogens with two attached hydrogens (primary N) is 1. The summed E-state index contributed by atoms with van der Waals surface area (Å²) in [4.78, 5) is 13.9. The van der Waals surface area contributed by atoms with Crippen molar-refractivity contribution in [3.63, 3.8) is 0 Å². The number of rotatable bonds is 2. The zero-order valence-electron chi connectivity index (χ0n) is 11.9.